The number of Topliss-reactive ketones (excluding diaryl/α,β-unsaturated/α-hetero) is 1. The van der Waals surface area contributed by atoms with Gasteiger partial charge in [-0.25, -0.2) is 9.18 Å². The van der Waals surface area contributed by atoms with Crippen LogP contribution in [0.2, 0.25) is 0 Å². The number of carboxylic acids is 1. The summed E-state index contributed by atoms with van der Waals surface area (Å²) in [5.74, 6) is -11.0. The summed E-state index contributed by atoms with van der Waals surface area (Å²) in [4.78, 5) is 68.4. The zero-order valence-corrected chi connectivity index (χ0v) is 44.9. The minimum Gasteiger partial charge on any atom is -0.507 e. The zero-order chi connectivity index (χ0) is 56.3. The van der Waals surface area contributed by atoms with Crippen molar-refractivity contribution in [2.75, 3.05) is 37.0 Å². The van der Waals surface area contributed by atoms with E-state index in [-0.39, 0.29) is 69.4 Å². The number of aliphatic hydroxyl groups excluding tert-OH is 2. The number of aromatic hydroxyl groups is 3. The Bertz CT molecular complexity index is 3220. The molecule has 6 heterocycles. The average molecular weight is 1070 g/mol. The Labute approximate surface area is 444 Å². The third kappa shape index (κ3) is 10.3. The minimum absolute atomic E-state index is 0.0112. The number of hydrogen-bond donors (Lipinski definition) is 8. The number of halogens is 1. The van der Waals surface area contributed by atoms with Gasteiger partial charge < -0.3 is 65.1 Å². The van der Waals surface area contributed by atoms with Gasteiger partial charge in [0.05, 0.1) is 58.6 Å². The maximum Gasteiger partial charge on any atom is 0.341 e. The molecule has 2 fully saturated rings. The Morgan fingerprint density at radius 2 is 1.64 bits per heavy atom. The standard InChI is InChI=1S/C57H69FN4O15/c1-25-12-11-13-26(2)54(70)60-43-37(22-59-21-33-16-18-61(23-33)45-28(4)44-35(34-14-15-34)20-36(56(72)73)55(71)62(44)24-38(45)58)49(67)40-41(50(43)68)48(66)31(7)52-42(40)53(69)57(9,77-52)75-19-17-39(74-10)27(3)51(76-32(8)63)30(6)47(65)29(5)46(25)64/h11-13,17,19-20,24-25,27,29-30,33-34,39,46-47,51,59,64-68H,14-16,18,21-23H2,1-10H3,(H,60,70)(H,72,73)/b12-11+,19-17+,26-13-/t25-,27+,29+,30+,33+,39-,46-,47+,51+,57-/m0/s1. The maximum atomic E-state index is 16.2. The van der Waals surface area contributed by atoms with E-state index in [1.165, 1.54) is 59.3 Å². The van der Waals surface area contributed by atoms with E-state index in [4.69, 9.17) is 18.9 Å². The first-order chi connectivity index (χ1) is 36.3. The molecule has 0 unspecified atom stereocenters. The molecule has 10 atom stereocenters. The van der Waals surface area contributed by atoms with Crippen molar-refractivity contribution < 1.29 is 73.2 Å². The van der Waals surface area contributed by atoms with Gasteiger partial charge in [0.2, 0.25) is 0 Å². The number of pyridine rings is 2. The Hall–Kier alpha value is -7.00. The summed E-state index contributed by atoms with van der Waals surface area (Å²) >= 11 is 0. The number of phenolic OH excluding ortho intramolecular Hbond substituents is 3. The van der Waals surface area contributed by atoms with Crippen molar-refractivity contribution in [3.05, 3.63) is 98.0 Å². The topological polar surface area (TPSA) is 275 Å². The summed E-state index contributed by atoms with van der Waals surface area (Å²) in [6, 6.07) is 1.41. The van der Waals surface area contributed by atoms with E-state index in [9.17, 15) is 54.6 Å². The van der Waals surface area contributed by atoms with Crippen molar-refractivity contribution >= 4 is 51.3 Å². The molecule has 2 aromatic heterocycles. The fourth-order valence-corrected chi connectivity index (χ4v) is 11.5. The number of fused-ring (bicyclic) bond motifs is 15. The lowest BCUT2D eigenvalue weighted by molar-refractivity contribution is -0.160. The van der Waals surface area contributed by atoms with Gasteiger partial charge in [-0.3, -0.25) is 23.6 Å². The van der Waals surface area contributed by atoms with Crippen LogP contribution in [-0.4, -0.2) is 116 Å². The number of phenols is 3. The van der Waals surface area contributed by atoms with Crippen molar-refractivity contribution in [2.24, 2.45) is 29.6 Å². The normalized spacial score (nSPS) is 28.8. The molecular formula is C57H69FN4O15. The Balaban J connectivity index is 1.16. The molecule has 77 heavy (non-hydrogen) atoms. The number of nitrogens with one attached hydrogen (secondary N) is 2. The van der Waals surface area contributed by atoms with Crippen molar-refractivity contribution in [1.82, 2.24) is 9.72 Å². The number of aromatic carboxylic acids is 1. The molecule has 1 saturated carbocycles. The van der Waals surface area contributed by atoms with Gasteiger partial charge in [-0.15, -0.1) is 0 Å². The number of aromatic nitrogens is 1. The Kier molecular flexibility index (Phi) is 15.9. The Morgan fingerprint density at radius 3 is 2.29 bits per heavy atom. The van der Waals surface area contributed by atoms with Crippen LogP contribution in [-0.2, 0) is 30.3 Å². The molecule has 5 bridgehead atoms. The van der Waals surface area contributed by atoms with Crippen molar-refractivity contribution in [1.29, 1.82) is 0 Å². The number of hydrogen-bond acceptors (Lipinski definition) is 16. The van der Waals surface area contributed by atoms with E-state index in [2.05, 4.69) is 10.6 Å². The largest absolute Gasteiger partial charge is 0.507 e. The molecule has 1 aliphatic carbocycles. The highest BCUT2D eigenvalue weighted by atomic mass is 19.1. The number of ketones is 1. The predicted molar refractivity (Wildman–Crippen MR) is 283 cm³/mol. The van der Waals surface area contributed by atoms with Gasteiger partial charge in [0, 0.05) is 92.9 Å². The number of methoxy groups -OCH3 is 1. The number of carboxylic acid groups (broad SMARTS) is 1. The number of allylic oxidation sites excluding steroid dienone is 2. The fourth-order valence-electron chi connectivity index (χ4n) is 11.5. The number of ether oxygens (including phenoxy) is 4. The van der Waals surface area contributed by atoms with Gasteiger partial charge in [-0.1, -0.05) is 45.9 Å². The molecule has 4 aromatic rings. The summed E-state index contributed by atoms with van der Waals surface area (Å²) in [5.41, 5.74) is 0.305. The second kappa shape index (κ2) is 21.8. The predicted octanol–water partition coefficient (Wildman–Crippen LogP) is 7.01. The highest BCUT2D eigenvalue weighted by Crippen LogP contribution is 2.55. The van der Waals surface area contributed by atoms with E-state index >= 15 is 4.39 Å². The first-order valence-electron chi connectivity index (χ1n) is 26.0. The molecular weight excluding hydrogens is 1000 g/mol. The lowest BCUT2D eigenvalue weighted by atomic mass is 9.78. The fraction of sp³-hybridized carbons (Fsp3) is 0.491. The van der Waals surface area contributed by atoms with Crippen LogP contribution in [0.4, 0.5) is 15.8 Å². The molecule has 2 aromatic carbocycles. The summed E-state index contributed by atoms with van der Waals surface area (Å²) in [6.07, 6.45) is 6.54. The van der Waals surface area contributed by atoms with Crippen LogP contribution in [0.25, 0.3) is 16.3 Å². The van der Waals surface area contributed by atoms with Crippen LogP contribution in [0.15, 0.2) is 53.2 Å². The van der Waals surface area contributed by atoms with E-state index in [0.29, 0.717) is 41.8 Å². The lowest BCUT2D eigenvalue weighted by Gasteiger charge is -2.38. The second-order valence-electron chi connectivity index (χ2n) is 21.5. The number of carbonyl (C=O) groups excluding carboxylic acids is 3. The molecule has 20 heteroatoms. The molecule has 8 N–H and O–H groups in total. The molecule has 0 radical (unpaired) electrons. The maximum absolute atomic E-state index is 16.2. The third-order valence-electron chi connectivity index (χ3n) is 16.1. The molecule has 5 aliphatic rings. The van der Waals surface area contributed by atoms with Crippen molar-refractivity contribution in [3.8, 4) is 23.0 Å². The number of nitrogens with zero attached hydrogens (tertiary/aromatic N) is 2. The van der Waals surface area contributed by atoms with Gasteiger partial charge in [0.15, 0.2) is 11.6 Å². The van der Waals surface area contributed by atoms with E-state index in [0.717, 1.165) is 23.4 Å². The van der Waals surface area contributed by atoms with E-state index in [1.807, 2.05) is 4.90 Å². The number of aliphatic hydroxyl groups is 2. The molecule has 1 amide bonds. The molecule has 414 valence electrons. The van der Waals surface area contributed by atoms with Crippen LogP contribution < -0.4 is 25.8 Å². The summed E-state index contributed by atoms with van der Waals surface area (Å²) < 4.78 is 41.1. The van der Waals surface area contributed by atoms with Crippen LogP contribution in [0.5, 0.6) is 23.0 Å². The zero-order valence-electron chi connectivity index (χ0n) is 44.9. The summed E-state index contributed by atoms with van der Waals surface area (Å²) in [7, 11) is 1.42. The lowest BCUT2D eigenvalue weighted by Crippen LogP contribution is -2.46. The quantitative estimate of drug-likeness (QED) is 0.0476. The smallest absolute Gasteiger partial charge is 0.341 e. The van der Waals surface area contributed by atoms with Crippen LogP contribution in [0.1, 0.15) is 117 Å². The summed E-state index contributed by atoms with van der Waals surface area (Å²) in [5, 5.41) is 74.7. The number of amides is 1. The molecule has 19 nitrogen and oxygen atoms in total. The summed E-state index contributed by atoms with van der Waals surface area (Å²) in [6.45, 7) is 14.9. The number of carbonyl (C=O) groups is 4. The monoisotopic (exact) mass is 1070 g/mol. The highest BCUT2D eigenvalue weighted by Gasteiger charge is 2.50. The minimum atomic E-state index is -2.11. The van der Waals surface area contributed by atoms with E-state index < -0.39 is 112 Å². The van der Waals surface area contributed by atoms with Gasteiger partial charge in [-0.2, -0.15) is 0 Å². The number of benzene rings is 2. The second-order valence-corrected chi connectivity index (χ2v) is 21.5. The number of esters is 1. The number of aryl methyl sites for hydroxylation is 1. The highest BCUT2D eigenvalue weighted by molar-refractivity contribution is 6.22. The molecule has 4 aliphatic heterocycles. The molecule has 1 saturated heterocycles. The van der Waals surface area contributed by atoms with Gasteiger partial charge in [-0.05, 0) is 75.1 Å². The first kappa shape index (κ1) is 56.2. The average Bonchev–Trinajstić information content (AvgIpc) is 4.19. The SMILES string of the molecule is CO[C@H]1/C=C/O[C@@]2(C)Oc3c(C)c(O)c4c(O)c(c(CNC[C@H]5CCN(c6c(F)cn7c(=O)c(C(=O)O)cc(C8CC8)c7c6C)C5)c(O)c4c3C2=O)NC(=O)/C(C)=C\C=C\[C@H](C)[C@H](O)[C@@H](C)[C@@H](O)[C@@H](C)[C@H](OC(C)=O)[C@@H]1C. The number of anilines is 2. The molecule has 0 spiro atoms. The third-order valence-corrected chi connectivity index (χ3v) is 16.1. The van der Waals surface area contributed by atoms with Gasteiger partial charge in [0.1, 0.15) is 28.9 Å². The molecule has 9 rings (SSSR count). The van der Waals surface area contributed by atoms with Crippen LogP contribution in [0, 0.1) is 49.3 Å². The van der Waals surface area contributed by atoms with Crippen molar-refractivity contribution in [2.45, 2.75) is 124 Å². The van der Waals surface area contributed by atoms with Crippen LogP contribution in [0.3, 0.4) is 0 Å². The Morgan fingerprint density at radius 1 is 0.935 bits per heavy atom. The first-order valence-corrected chi connectivity index (χ1v) is 26.0. The van der Waals surface area contributed by atoms with E-state index in [1.54, 1.807) is 46.8 Å². The van der Waals surface area contributed by atoms with Gasteiger partial charge in [0.25, 0.3) is 17.2 Å². The van der Waals surface area contributed by atoms with Crippen molar-refractivity contribution in [3.63, 3.8) is 0 Å². The van der Waals surface area contributed by atoms with Gasteiger partial charge >= 0.3 is 17.7 Å². The van der Waals surface area contributed by atoms with Crippen LogP contribution >= 0.6 is 0 Å². The number of rotatable bonds is 9.